The highest BCUT2D eigenvalue weighted by Crippen LogP contribution is 2.25. The number of H-pyrrole nitrogens is 1. The van der Waals surface area contributed by atoms with Crippen LogP contribution < -0.4 is 5.32 Å². The second kappa shape index (κ2) is 7.42. The van der Waals surface area contributed by atoms with Crippen molar-refractivity contribution in [2.24, 2.45) is 5.41 Å². The van der Waals surface area contributed by atoms with E-state index in [1.54, 1.807) is 26.0 Å². The van der Waals surface area contributed by atoms with Crippen LogP contribution in [0.25, 0.3) is 11.0 Å². The number of aromatic amines is 1. The van der Waals surface area contributed by atoms with Gasteiger partial charge in [-0.3, -0.25) is 9.59 Å². The van der Waals surface area contributed by atoms with Gasteiger partial charge >= 0.3 is 5.97 Å². The molecule has 0 atom stereocenters. The number of imidazole rings is 1. The van der Waals surface area contributed by atoms with Crippen LogP contribution in [0.4, 0.5) is 4.39 Å². The first-order valence-electron chi connectivity index (χ1n) is 8.05. The lowest BCUT2D eigenvalue weighted by Gasteiger charge is -2.26. The second-order valence-electron chi connectivity index (χ2n) is 5.89. The molecule has 1 amide bonds. The third-order valence-electron chi connectivity index (χ3n) is 4.53. The number of carbonyl (C=O) groups excluding carboxylic acids is 1. The molecule has 1 aromatic carbocycles. The van der Waals surface area contributed by atoms with Crippen LogP contribution in [0, 0.1) is 11.2 Å². The number of amides is 1. The molecule has 1 heterocycles. The molecule has 0 aliphatic carbocycles. The van der Waals surface area contributed by atoms with Crippen molar-refractivity contribution in [3.05, 3.63) is 29.8 Å². The third kappa shape index (κ3) is 3.72. The Morgan fingerprint density at radius 2 is 2.04 bits per heavy atom. The molecule has 0 unspecified atom stereocenters. The Kier molecular flexibility index (Phi) is 5.54. The normalized spacial score (nSPS) is 11.6. The Morgan fingerprint density at radius 1 is 1.33 bits per heavy atom. The summed E-state index contributed by atoms with van der Waals surface area (Å²) in [4.78, 5) is 30.5. The van der Waals surface area contributed by atoms with Crippen LogP contribution in [0.5, 0.6) is 0 Å². The molecule has 7 heteroatoms. The van der Waals surface area contributed by atoms with Crippen molar-refractivity contribution in [2.45, 2.75) is 39.5 Å². The summed E-state index contributed by atoms with van der Waals surface area (Å²) >= 11 is 0. The van der Waals surface area contributed by atoms with E-state index in [2.05, 4.69) is 15.3 Å². The van der Waals surface area contributed by atoms with Crippen LogP contribution in [0.3, 0.4) is 0 Å². The van der Waals surface area contributed by atoms with Crippen molar-refractivity contribution in [2.75, 3.05) is 6.54 Å². The number of nitrogens with one attached hydrogen (secondary N) is 2. The van der Waals surface area contributed by atoms with Gasteiger partial charge in [-0.05, 0) is 25.0 Å². The highest BCUT2D eigenvalue weighted by molar-refractivity contribution is 5.79. The summed E-state index contributed by atoms with van der Waals surface area (Å²) < 4.78 is 13.6. The van der Waals surface area contributed by atoms with Gasteiger partial charge in [0.2, 0.25) is 5.91 Å². The number of halogens is 1. The number of hydrogen-bond acceptors (Lipinski definition) is 3. The first kappa shape index (κ1) is 17.9. The van der Waals surface area contributed by atoms with Gasteiger partial charge in [-0.1, -0.05) is 19.9 Å². The summed E-state index contributed by atoms with van der Waals surface area (Å²) in [6.45, 7) is 3.70. The molecule has 0 spiro atoms. The average Bonchev–Trinajstić information content (AvgIpc) is 2.98. The summed E-state index contributed by atoms with van der Waals surface area (Å²) in [6.07, 6.45) is 1.38. The van der Waals surface area contributed by atoms with Crippen LogP contribution in [-0.2, 0) is 16.0 Å². The lowest BCUT2D eigenvalue weighted by Crippen LogP contribution is -2.42. The highest BCUT2D eigenvalue weighted by Gasteiger charge is 2.35. The number of para-hydroxylation sites is 1. The largest absolute Gasteiger partial charge is 0.481 e. The number of aromatic nitrogens is 2. The lowest BCUT2D eigenvalue weighted by molar-refractivity contribution is -0.149. The molecule has 6 nitrogen and oxygen atoms in total. The summed E-state index contributed by atoms with van der Waals surface area (Å²) in [7, 11) is 0. The van der Waals surface area contributed by atoms with Gasteiger partial charge in [0.25, 0.3) is 0 Å². The molecule has 0 fully saturated rings. The number of carbonyl (C=O) groups is 2. The maximum atomic E-state index is 13.6. The monoisotopic (exact) mass is 335 g/mol. The van der Waals surface area contributed by atoms with Crippen molar-refractivity contribution in [1.82, 2.24) is 15.3 Å². The van der Waals surface area contributed by atoms with Crippen LogP contribution in [0.15, 0.2) is 18.2 Å². The number of fused-ring (bicyclic) bond motifs is 1. The molecule has 24 heavy (non-hydrogen) atoms. The van der Waals surface area contributed by atoms with Crippen molar-refractivity contribution in [1.29, 1.82) is 0 Å². The molecule has 0 saturated heterocycles. The number of aryl methyl sites for hydroxylation is 1. The van der Waals surface area contributed by atoms with Crippen LogP contribution in [-0.4, -0.2) is 33.5 Å². The van der Waals surface area contributed by atoms with Gasteiger partial charge in [0.05, 0.1) is 10.9 Å². The van der Waals surface area contributed by atoms with E-state index in [1.807, 2.05) is 0 Å². The minimum absolute atomic E-state index is 0.100. The van der Waals surface area contributed by atoms with Crippen molar-refractivity contribution in [3.8, 4) is 0 Å². The predicted molar refractivity (Wildman–Crippen MR) is 88.0 cm³/mol. The molecule has 0 radical (unpaired) electrons. The van der Waals surface area contributed by atoms with E-state index in [0.717, 1.165) is 0 Å². The minimum atomic E-state index is -0.932. The maximum Gasteiger partial charge on any atom is 0.311 e. The van der Waals surface area contributed by atoms with Gasteiger partial charge in [0.1, 0.15) is 11.3 Å². The average molecular weight is 335 g/mol. The number of rotatable bonds is 8. The molecule has 130 valence electrons. The number of carboxylic acid groups (broad SMARTS) is 1. The predicted octanol–water partition coefficient (Wildman–Crippen LogP) is 2.64. The molecule has 0 aliphatic heterocycles. The molecule has 0 aliphatic rings. The second-order valence-corrected chi connectivity index (χ2v) is 5.89. The Bertz CT molecular complexity index is 738. The molecule has 2 rings (SSSR count). The number of aliphatic carboxylic acids is 1. The standard InChI is InChI=1S/C17H22FN3O3/c1-3-17(4-2,16(23)24)10-19-14(22)9-8-13-20-12-7-5-6-11(18)15(12)21-13/h5-7H,3-4,8-10H2,1-2H3,(H,19,22)(H,20,21)(H,23,24). The topological polar surface area (TPSA) is 95.1 Å². The number of carboxylic acids is 1. The Labute approximate surface area is 139 Å². The van der Waals surface area contributed by atoms with Crippen LogP contribution in [0.1, 0.15) is 38.9 Å². The van der Waals surface area contributed by atoms with Crippen molar-refractivity contribution < 1.29 is 19.1 Å². The zero-order valence-corrected chi connectivity index (χ0v) is 13.9. The minimum Gasteiger partial charge on any atom is -0.481 e. The SMILES string of the molecule is CCC(CC)(CNC(=O)CCc1nc2c(F)cccc2[nH]1)C(=O)O. The first-order valence-corrected chi connectivity index (χ1v) is 8.05. The fraction of sp³-hybridized carbons (Fsp3) is 0.471. The Balaban J connectivity index is 1.92. The molecular weight excluding hydrogens is 313 g/mol. The molecular formula is C17H22FN3O3. The summed E-state index contributed by atoms with van der Waals surface area (Å²) in [5.74, 6) is -1.03. The highest BCUT2D eigenvalue weighted by atomic mass is 19.1. The molecule has 0 bridgehead atoms. The van der Waals surface area contributed by atoms with Gasteiger partial charge < -0.3 is 15.4 Å². The summed E-state index contributed by atoms with van der Waals surface area (Å²) in [5.41, 5.74) is -0.0833. The number of hydrogen-bond donors (Lipinski definition) is 3. The molecule has 2 aromatic rings. The fourth-order valence-corrected chi connectivity index (χ4v) is 2.63. The van der Waals surface area contributed by atoms with E-state index in [9.17, 15) is 19.1 Å². The molecule has 0 saturated carbocycles. The molecule has 1 aromatic heterocycles. The van der Waals surface area contributed by atoms with Gasteiger partial charge in [0.15, 0.2) is 5.82 Å². The fourth-order valence-electron chi connectivity index (χ4n) is 2.63. The van der Waals surface area contributed by atoms with Gasteiger partial charge in [0, 0.05) is 19.4 Å². The third-order valence-corrected chi connectivity index (χ3v) is 4.53. The van der Waals surface area contributed by atoms with E-state index < -0.39 is 17.2 Å². The van der Waals surface area contributed by atoms with Crippen molar-refractivity contribution >= 4 is 22.9 Å². The van der Waals surface area contributed by atoms with Gasteiger partial charge in [-0.15, -0.1) is 0 Å². The lowest BCUT2D eigenvalue weighted by atomic mass is 9.82. The van der Waals surface area contributed by atoms with E-state index in [1.165, 1.54) is 6.07 Å². The quantitative estimate of drug-likeness (QED) is 0.691. The molecule has 3 N–H and O–H groups in total. The van der Waals surface area contributed by atoms with Gasteiger partial charge in [-0.2, -0.15) is 0 Å². The summed E-state index contributed by atoms with van der Waals surface area (Å²) in [5, 5.41) is 12.0. The van der Waals surface area contributed by atoms with Crippen LogP contribution >= 0.6 is 0 Å². The smallest absolute Gasteiger partial charge is 0.311 e. The Hall–Kier alpha value is -2.44. The maximum absolute atomic E-state index is 13.6. The zero-order chi connectivity index (χ0) is 17.7. The zero-order valence-electron chi connectivity index (χ0n) is 13.9. The van der Waals surface area contributed by atoms with Crippen LogP contribution in [0.2, 0.25) is 0 Å². The Morgan fingerprint density at radius 3 is 2.62 bits per heavy atom. The van der Waals surface area contributed by atoms with E-state index in [-0.39, 0.29) is 24.4 Å². The first-order chi connectivity index (χ1) is 11.4. The van der Waals surface area contributed by atoms with Gasteiger partial charge in [-0.25, -0.2) is 9.37 Å². The summed E-state index contributed by atoms with van der Waals surface area (Å²) in [6, 6.07) is 4.65. The number of benzene rings is 1. The van der Waals surface area contributed by atoms with Crippen molar-refractivity contribution in [3.63, 3.8) is 0 Å². The van der Waals surface area contributed by atoms with E-state index in [4.69, 9.17) is 0 Å². The van der Waals surface area contributed by atoms with E-state index >= 15 is 0 Å². The number of nitrogens with zero attached hydrogens (tertiary/aromatic N) is 1. The van der Waals surface area contributed by atoms with E-state index in [0.29, 0.717) is 30.6 Å².